The summed E-state index contributed by atoms with van der Waals surface area (Å²) in [5, 5.41) is 19.6. The molecule has 0 aliphatic heterocycles. The molecule has 0 saturated carbocycles. The van der Waals surface area contributed by atoms with E-state index < -0.39 is 0 Å². The van der Waals surface area contributed by atoms with Crippen molar-refractivity contribution < 1.29 is 10.2 Å². The highest BCUT2D eigenvalue weighted by molar-refractivity contribution is 6.30. The number of phenols is 2. The van der Waals surface area contributed by atoms with Crippen LogP contribution < -0.4 is 0 Å². The van der Waals surface area contributed by atoms with Gasteiger partial charge in [-0.3, -0.25) is 4.99 Å². The molecule has 86 valence electrons. The van der Waals surface area contributed by atoms with Crippen LogP contribution in [0.1, 0.15) is 5.56 Å². The lowest BCUT2D eigenvalue weighted by Gasteiger charge is -2.00. The number of hydrogen-bond donors (Lipinski definition) is 2. The first-order valence-electron chi connectivity index (χ1n) is 4.97. The number of aliphatic imine (C=N–C) groups is 1. The van der Waals surface area contributed by atoms with Crippen LogP contribution in [0.5, 0.6) is 11.5 Å². The molecule has 0 radical (unpaired) electrons. The van der Waals surface area contributed by atoms with Gasteiger partial charge >= 0.3 is 0 Å². The fourth-order valence-electron chi connectivity index (χ4n) is 1.34. The first kappa shape index (κ1) is 11.5. The van der Waals surface area contributed by atoms with Gasteiger partial charge < -0.3 is 10.2 Å². The molecule has 2 aromatic carbocycles. The smallest absolute Gasteiger partial charge is 0.142 e. The van der Waals surface area contributed by atoms with E-state index in [9.17, 15) is 10.2 Å². The maximum atomic E-state index is 9.58. The minimum absolute atomic E-state index is 0.00386. The van der Waals surface area contributed by atoms with E-state index in [2.05, 4.69) is 4.99 Å². The van der Waals surface area contributed by atoms with Crippen LogP contribution in [0.2, 0.25) is 5.02 Å². The van der Waals surface area contributed by atoms with E-state index in [1.807, 2.05) is 0 Å². The van der Waals surface area contributed by atoms with Crippen molar-refractivity contribution in [2.24, 2.45) is 4.99 Å². The summed E-state index contributed by atoms with van der Waals surface area (Å²) in [6, 6.07) is 11.5. The summed E-state index contributed by atoms with van der Waals surface area (Å²) in [5.41, 5.74) is 0.986. The predicted octanol–water partition coefficient (Wildman–Crippen LogP) is 3.50. The molecule has 0 spiro atoms. The summed E-state index contributed by atoms with van der Waals surface area (Å²) in [6.07, 6.45) is 1.48. The molecular weight excluding hydrogens is 238 g/mol. The van der Waals surface area contributed by atoms with E-state index >= 15 is 0 Å². The van der Waals surface area contributed by atoms with Crippen molar-refractivity contribution in [2.75, 3.05) is 0 Å². The molecule has 17 heavy (non-hydrogen) atoms. The molecule has 0 fully saturated rings. The number of rotatable bonds is 2. The van der Waals surface area contributed by atoms with E-state index in [1.54, 1.807) is 36.4 Å². The average molecular weight is 248 g/mol. The summed E-state index contributed by atoms with van der Waals surface area (Å²) >= 11 is 5.71. The Kier molecular flexibility index (Phi) is 3.30. The Morgan fingerprint density at radius 3 is 2.47 bits per heavy atom. The maximum Gasteiger partial charge on any atom is 0.142 e. The highest BCUT2D eigenvalue weighted by Gasteiger charge is 2.00. The summed E-state index contributed by atoms with van der Waals surface area (Å²) in [5.74, 6) is 0.147. The molecule has 0 saturated heterocycles. The SMILES string of the molecule is Oc1ccccc1C=Nc1ccc(Cl)cc1O. The quantitative estimate of drug-likeness (QED) is 0.798. The second kappa shape index (κ2) is 4.89. The van der Waals surface area contributed by atoms with Gasteiger partial charge in [0.05, 0.1) is 0 Å². The van der Waals surface area contributed by atoms with Crippen molar-refractivity contribution in [3.8, 4) is 11.5 Å². The monoisotopic (exact) mass is 247 g/mol. The highest BCUT2D eigenvalue weighted by atomic mass is 35.5. The summed E-state index contributed by atoms with van der Waals surface area (Å²) < 4.78 is 0. The molecule has 4 heteroatoms. The van der Waals surface area contributed by atoms with Crippen LogP contribution in [-0.4, -0.2) is 16.4 Å². The van der Waals surface area contributed by atoms with Crippen molar-refractivity contribution in [1.29, 1.82) is 0 Å². The Hall–Kier alpha value is -2.00. The number of para-hydroxylation sites is 1. The van der Waals surface area contributed by atoms with E-state index in [0.717, 1.165) is 0 Å². The van der Waals surface area contributed by atoms with Gasteiger partial charge in [0.15, 0.2) is 0 Å². The highest BCUT2D eigenvalue weighted by Crippen LogP contribution is 2.29. The first-order valence-corrected chi connectivity index (χ1v) is 5.35. The lowest BCUT2D eigenvalue weighted by Crippen LogP contribution is -1.81. The Labute approximate surface area is 104 Å². The molecule has 0 bridgehead atoms. The van der Waals surface area contributed by atoms with Gasteiger partial charge in [-0.15, -0.1) is 0 Å². The van der Waals surface area contributed by atoms with E-state index in [4.69, 9.17) is 11.6 Å². The molecule has 0 aliphatic rings. The lowest BCUT2D eigenvalue weighted by atomic mass is 10.2. The molecule has 0 amide bonds. The zero-order valence-corrected chi connectivity index (χ0v) is 9.59. The van der Waals surface area contributed by atoms with E-state index in [1.165, 1.54) is 12.3 Å². The zero-order chi connectivity index (χ0) is 12.3. The number of hydrogen-bond acceptors (Lipinski definition) is 3. The van der Waals surface area contributed by atoms with Gasteiger partial charge in [0, 0.05) is 22.9 Å². The topological polar surface area (TPSA) is 52.8 Å². The molecule has 0 atom stereocenters. The fraction of sp³-hybridized carbons (Fsp3) is 0. The van der Waals surface area contributed by atoms with Crippen molar-refractivity contribution in [3.63, 3.8) is 0 Å². The molecule has 3 nitrogen and oxygen atoms in total. The second-order valence-electron chi connectivity index (χ2n) is 3.45. The van der Waals surface area contributed by atoms with Crippen molar-refractivity contribution >= 4 is 23.5 Å². The molecule has 2 rings (SSSR count). The van der Waals surface area contributed by atoms with Gasteiger partial charge in [-0.25, -0.2) is 0 Å². The van der Waals surface area contributed by atoms with Crippen LogP contribution >= 0.6 is 11.6 Å². The summed E-state index contributed by atoms with van der Waals surface area (Å²) in [4.78, 5) is 4.08. The normalized spacial score (nSPS) is 10.9. The van der Waals surface area contributed by atoms with Gasteiger partial charge in [-0.1, -0.05) is 23.7 Å². The molecule has 0 aromatic heterocycles. The third kappa shape index (κ3) is 2.77. The molecule has 0 aliphatic carbocycles. The van der Waals surface area contributed by atoms with Crippen molar-refractivity contribution in [1.82, 2.24) is 0 Å². The molecule has 0 heterocycles. The first-order chi connectivity index (χ1) is 8.16. The van der Waals surface area contributed by atoms with E-state index in [-0.39, 0.29) is 11.5 Å². The predicted molar refractivity (Wildman–Crippen MR) is 68.5 cm³/mol. The standard InChI is InChI=1S/C13H10ClNO2/c14-10-5-6-11(13(17)7-10)15-8-9-3-1-2-4-12(9)16/h1-8,16-17H. The number of phenolic OH excluding ortho intramolecular Hbond substituents is 2. The largest absolute Gasteiger partial charge is 0.507 e. The molecule has 0 unspecified atom stereocenters. The maximum absolute atomic E-state index is 9.58. The van der Waals surface area contributed by atoms with Crippen LogP contribution in [-0.2, 0) is 0 Å². The number of benzene rings is 2. The Bertz CT molecular complexity index is 567. The van der Waals surface area contributed by atoms with Crippen molar-refractivity contribution in [2.45, 2.75) is 0 Å². The van der Waals surface area contributed by atoms with Gasteiger partial charge in [0.25, 0.3) is 0 Å². The molecule has 2 aromatic rings. The van der Waals surface area contributed by atoms with Crippen LogP contribution in [0.3, 0.4) is 0 Å². The van der Waals surface area contributed by atoms with Gasteiger partial charge in [-0.05, 0) is 24.3 Å². The van der Waals surface area contributed by atoms with Crippen molar-refractivity contribution in [3.05, 3.63) is 53.1 Å². The zero-order valence-electron chi connectivity index (χ0n) is 8.84. The molecular formula is C13H10ClNO2. The van der Waals surface area contributed by atoms with Gasteiger partial charge in [-0.2, -0.15) is 0 Å². The minimum Gasteiger partial charge on any atom is -0.507 e. The number of halogens is 1. The number of aromatic hydroxyl groups is 2. The minimum atomic E-state index is 0.00386. The Balaban J connectivity index is 2.29. The molecule has 2 N–H and O–H groups in total. The third-order valence-electron chi connectivity index (χ3n) is 2.22. The number of nitrogens with zero attached hydrogens (tertiary/aromatic N) is 1. The second-order valence-corrected chi connectivity index (χ2v) is 3.89. The van der Waals surface area contributed by atoms with Crippen LogP contribution in [0.15, 0.2) is 47.5 Å². The van der Waals surface area contributed by atoms with E-state index in [0.29, 0.717) is 16.3 Å². The van der Waals surface area contributed by atoms with Gasteiger partial charge in [0.2, 0.25) is 0 Å². The van der Waals surface area contributed by atoms with Gasteiger partial charge in [0.1, 0.15) is 17.2 Å². The average Bonchev–Trinajstić information content (AvgIpc) is 2.30. The summed E-state index contributed by atoms with van der Waals surface area (Å²) in [7, 11) is 0. The van der Waals surface area contributed by atoms with Crippen LogP contribution in [0, 0.1) is 0 Å². The van der Waals surface area contributed by atoms with Crippen LogP contribution in [0.4, 0.5) is 5.69 Å². The lowest BCUT2D eigenvalue weighted by molar-refractivity contribution is 0.474. The third-order valence-corrected chi connectivity index (χ3v) is 2.45. The van der Waals surface area contributed by atoms with Crippen LogP contribution in [0.25, 0.3) is 0 Å². The fourth-order valence-corrected chi connectivity index (χ4v) is 1.51. The summed E-state index contributed by atoms with van der Waals surface area (Å²) in [6.45, 7) is 0. The Morgan fingerprint density at radius 1 is 1.00 bits per heavy atom. The Morgan fingerprint density at radius 2 is 1.76 bits per heavy atom.